The van der Waals surface area contributed by atoms with E-state index in [9.17, 15) is 22.8 Å². The summed E-state index contributed by atoms with van der Waals surface area (Å²) < 4.78 is 46.5. The summed E-state index contributed by atoms with van der Waals surface area (Å²) in [6.45, 7) is 3.94. The van der Waals surface area contributed by atoms with Crippen molar-refractivity contribution in [2.45, 2.75) is 5.92 Å². The highest BCUT2D eigenvalue weighted by atomic mass is 19.2. The molecule has 2 aromatic rings. The number of nitrogens with zero attached hydrogens (tertiary/aromatic N) is 1. The van der Waals surface area contributed by atoms with Gasteiger partial charge in [0.15, 0.2) is 23.2 Å². The Hall–Kier alpha value is -3.29. The number of ether oxygens (including phenoxy) is 1. The second-order valence-corrected chi connectivity index (χ2v) is 6.60. The van der Waals surface area contributed by atoms with Crippen molar-refractivity contribution in [2.75, 3.05) is 25.5 Å². The predicted octanol–water partition coefficient (Wildman–Crippen LogP) is 3.48. The minimum absolute atomic E-state index is 0.0313. The van der Waals surface area contributed by atoms with Crippen molar-refractivity contribution in [3.8, 4) is 5.75 Å². The largest absolute Gasteiger partial charge is 0.494 e. The third-order valence-electron chi connectivity index (χ3n) is 4.84. The van der Waals surface area contributed by atoms with Crippen LogP contribution in [0.15, 0.2) is 49.1 Å². The second kappa shape index (κ2) is 8.38. The van der Waals surface area contributed by atoms with Crippen LogP contribution in [0.3, 0.4) is 0 Å². The van der Waals surface area contributed by atoms with Gasteiger partial charge >= 0.3 is 0 Å². The van der Waals surface area contributed by atoms with E-state index < -0.39 is 41.1 Å². The lowest BCUT2D eigenvalue weighted by atomic mass is 9.87. The van der Waals surface area contributed by atoms with Gasteiger partial charge in [-0.05, 0) is 29.8 Å². The number of hydrogen-bond acceptors (Lipinski definition) is 3. The van der Waals surface area contributed by atoms with Gasteiger partial charge in [-0.2, -0.15) is 0 Å². The van der Waals surface area contributed by atoms with Gasteiger partial charge in [-0.3, -0.25) is 9.59 Å². The van der Waals surface area contributed by atoms with E-state index in [1.54, 1.807) is 6.07 Å². The fourth-order valence-electron chi connectivity index (χ4n) is 3.44. The summed E-state index contributed by atoms with van der Waals surface area (Å²) in [5.41, 5.74) is 0.0488. The molecule has 2 amide bonds. The van der Waals surface area contributed by atoms with Crippen molar-refractivity contribution in [1.82, 2.24) is 4.90 Å². The first-order chi connectivity index (χ1) is 13.9. The summed E-state index contributed by atoms with van der Waals surface area (Å²) in [5, 5.41) is 2.28. The number of methoxy groups -OCH3 is 1. The highest BCUT2D eigenvalue weighted by Crippen LogP contribution is 2.36. The molecule has 1 heterocycles. The van der Waals surface area contributed by atoms with E-state index in [2.05, 4.69) is 11.9 Å². The molecule has 0 aliphatic carbocycles. The maximum absolute atomic E-state index is 14.2. The van der Waals surface area contributed by atoms with Crippen LogP contribution in [0.5, 0.6) is 5.75 Å². The van der Waals surface area contributed by atoms with Crippen LogP contribution in [0.25, 0.3) is 0 Å². The van der Waals surface area contributed by atoms with Gasteiger partial charge in [0.25, 0.3) is 0 Å². The molecule has 1 saturated heterocycles. The van der Waals surface area contributed by atoms with E-state index in [0.717, 1.165) is 6.07 Å². The van der Waals surface area contributed by atoms with Gasteiger partial charge in [-0.1, -0.05) is 18.2 Å². The normalized spacial score (nSPS) is 18.6. The highest BCUT2D eigenvalue weighted by molar-refractivity contribution is 6.08. The Labute approximate surface area is 165 Å². The number of benzene rings is 2. The van der Waals surface area contributed by atoms with Crippen molar-refractivity contribution >= 4 is 17.5 Å². The quantitative estimate of drug-likeness (QED) is 0.593. The molecule has 0 radical (unpaired) electrons. The van der Waals surface area contributed by atoms with Crippen molar-refractivity contribution in [2.24, 2.45) is 5.92 Å². The average molecular weight is 404 g/mol. The van der Waals surface area contributed by atoms with E-state index in [0.29, 0.717) is 5.56 Å². The number of carbonyl (C=O) groups is 2. The van der Waals surface area contributed by atoms with Crippen molar-refractivity contribution < 1.29 is 27.5 Å². The Morgan fingerprint density at radius 2 is 2.03 bits per heavy atom. The average Bonchev–Trinajstić information content (AvgIpc) is 3.02. The van der Waals surface area contributed by atoms with Crippen molar-refractivity contribution in [3.63, 3.8) is 0 Å². The zero-order valence-electron chi connectivity index (χ0n) is 15.6. The van der Waals surface area contributed by atoms with Gasteiger partial charge in [0.2, 0.25) is 11.8 Å². The first kappa shape index (κ1) is 20.4. The summed E-state index contributed by atoms with van der Waals surface area (Å²) in [5.74, 6) is -6.15. The Morgan fingerprint density at radius 1 is 1.28 bits per heavy atom. The fraction of sp³-hybridized carbons (Fsp3) is 0.238. The van der Waals surface area contributed by atoms with Gasteiger partial charge in [0.1, 0.15) is 5.92 Å². The van der Waals surface area contributed by atoms with Gasteiger partial charge < -0.3 is 15.0 Å². The number of halogens is 3. The summed E-state index contributed by atoms with van der Waals surface area (Å²) in [6.07, 6.45) is 1.51. The summed E-state index contributed by atoms with van der Waals surface area (Å²) in [7, 11) is 1.33. The summed E-state index contributed by atoms with van der Waals surface area (Å²) in [6, 6.07) is 7.54. The lowest BCUT2D eigenvalue weighted by molar-refractivity contribution is -0.135. The van der Waals surface area contributed by atoms with E-state index in [4.69, 9.17) is 4.74 Å². The van der Waals surface area contributed by atoms with Crippen LogP contribution >= 0.6 is 0 Å². The zero-order valence-corrected chi connectivity index (χ0v) is 15.6. The molecule has 1 aliphatic rings. The Bertz CT molecular complexity index is 964. The standard InChI is InChI=1S/C21H19F3N2O3/c1-3-9-26-11-13(12-7-8-17(29-2)15(23)10-12)18(21(26)28)20(27)25-16-6-4-5-14(22)19(16)24/h3-8,10,13,18H,1,9,11H2,2H3,(H,25,27)/t13-,18+/m1/s1. The minimum Gasteiger partial charge on any atom is -0.494 e. The molecule has 8 heteroatoms. The first-order valence-electron chi connectivity index (χ1n) is 8.85. The third kappa shape index (κ3) is 3.96. The fourth-order valence-corrected chi connectivity index (χ4v) is 3.44. The summed E-state index contributed by atoms with van der Waals surface area (Å²) >= 11 is 0. The highest BCUT2D eigenvalue weighted by Gasteiger charge is 2.45. The molecule has 152 valence electrons. The van der Waals surface area contributed by atoms with E-state index in [1.165, 1.54) is 42.4 Å². The molecule has 2 atom stereocenters. The van der Waals surface area contributed by atoms with Crippen LogP contribution in [-0.2, 0) is 9.59 Å². The molecule has 0 saturated carbocycles. The molecular formula is C21H19F3N2O3. The van der Waals surface area contributed by atoms with E-state index in [-0.39, 0.29) is 24.5 Å². The van der Waals surface area contributed by atoms with Crippen LogP contribution in [0.2, 0.25) is 0 Å². The topological polar surface area (TPSA) is 58.6 Å². The van der Waals surface area contributed by atoms with Gasteiger partial charge in [0, 0.05) is 19.0 Å². The molecule has 0 spiro atoms. The number of rotatable bonds is 6. The molecule has 5 nitrogen and oxygen atoms in total. The lowest BCUT2D eigenvalue weighted by Crippen LogP contribution is -2.34. The third-order valence-corrected chi connectivity index (χ3v) is 4.84. The Morgan fingerprint density at radius 3 is 2.69 bits per heavy atom. The Kier molecular flexibility index (Phi) is 5.91. The molecule has 1 N–H and O–H groups in total. The number of nitrogens with one attached hydrogen (secondary N) is 1. The van der Waals surface area contributed by atoms with Crippen LogP contribution in [0.1, 0.15) is 11.5 Å². The molecule has 2 aromatic carbocycles. The molecule has 1 fully saturated rings. The maximum Gasteiger partial charge on any atom is 0.237 e. The van der Waals surface area contributed by atoms with Crippen molar-refractivity contribution in [3.05, 3.63) is 72.1 Å². The van der Waals surface area contributed by atoms with E-state index in [1.807, 2.05) is 0 Å². The molecule has 0 bridgehead atoms. The summed E-state index contributed by atoms with van der Waals surface area (Å²) in [4.78, 5) is 27.0. The van der Waals surface area contributed by atoms with Gasteiger partial charge in [0.05, 0.1) is 12.8 Å². The number of carbonyl (C=O) groups excluding carboxylic acids is 2. The van der Waals surface area contributed by atoms with Crippen LogP contribution < -0.4 is 10.1 Å². The number of anilines is 1. The second-order valence-electron chi connectivity index (χ2n) is 6.60. The molecule has 0 unspecified atom stereocenters. The number of hydrogen-bond donors (Lipinski definition) is 1. The van der Waals surface area contributed by atoms with Crippen LogP contribution in [0, 0.1) is 23.4 Å². The van der Waals surface area contributed by atoms with Crippen molar-refractivity contribution in [1.29, 1.82) is 0 Å². The molecule has 1 aliphatic heterocycles. The molecular weight excluding hydrogens is 385 g/mol. The minimum atomic E-state index is -1.23. The molecule has 0 aromatic heterocycles. The SMILES string of the molecule is C=CCN1C[C@H](c2ccc(OC)c(F)c2)[C@@H](C(=O)Nc2cccc(F)c2F)C1=O. The van der Waals surface area contributed by atoms with Crippen LogP contribution in [-0.4, -0.2) is 36.9 Å². The lowest BCUT2D eigenvalue weighted by Gasteiger charge is -2.18. The number of amides is 2. The molecule has 29 heavy (non-hydrogen) atoms. The predicted molar refractivity (Wildman–Crippen MR) is 101 cm³/mol. The zero-order chi connectivity index (χ0) is 21.1. The van der Waals surface area contributed by atoms with Crippen LogP contribution in [0.4, 0.5) is 18.9 Å². The molecule has 3 rings (SSSR count). The first-order valence-corrected chi connectivity index (χ1v) is 8.85. The smallest absolute Gasteiger partial charge is 0.237 e. The monoisotopic (exact) mass is 404 g/mol. The van der Waals surface area contributed by atoms with Gasteiger partial charge in [-0.15, -0.1) is 6.58 Å². The van der Waals surface area contributed by atoms with Gasteiger partial charge in [-0.25, -0.2) is 13.2 Å². The number of likely N-dealkylation sites (tertiary alicyclic amines) is 1. The van der Waals surface area contributed by atoms with E-state index >= 15 is 0 Å². The maximum atomic E-state index is 14.2. The Balaban J connectivity index is 1.94.